The van der Waals surface area contributed by atoms with Crippen molar-refractivity contribution in [3.8, 4) is 5.75 Å². The third-order valence-corrected chi connectivity index (χ3v) is 4.43. The van der Waals surface area contributed by atoms with E-state index in [2.05, 4.69) is 6.92 Å². The molecule has 21 heavy (non-hydrogen) atoms. The van der Waals surface area contributed by atoms with Gasteiger partial charge >= 0.3 is 0 Å². The minimum atomic E-state index is 0.127. The number of aryl methyl sites for hydroxylation is 1. The summed E-state index contributed by atoms with van der Waals surface area (Å²) in [5.74, 6) is 1.53. The first kappa shape index (κ1) is 14.0. The van der Waals surface area contributed by atoms with E-state index in [1.54, 1.807) is 7.11 Å². The molecule has 3 rings (SSSR count). The highest BCUT2D eigenvalue weighted by Crippen LogP contribution is 2.29. The molecule has 0 aliphatic carbocycles. The molecule has 2 aromatic rings. The zero-order chi connectivity index (χ0) is 15.0. The maximum Gasteiger partial charge on any atom is 0.270 e. The SMILES string of the molecule is COc1cccc2c1cc(C(=O)N1CCCC(C)C1)n2C. The number of piperidine rings is 1. The third kappa shape index (κ3) is 2.39. The van der Waals surface area contributed by atoms with Crippen LogP contribution in [0.3, 0.4) is 0 Å². The molecule has 1 saturated heterocycles. The Balaban J connectivity index is 2.00. The van der Waals surface area contributed by atoms with Gasteiger partial charge in [0.25, 0.3) is 5.91 Å². The molecule has 1 aliphatic rings. The van der Waals surface area contributed by atoms with Crippen molar-refractivity contribution in [1.82, 2.24) is 9.47 Å². The van der Waals surface area contributed by atoms with Crippen LogP contribution >= 0.6 is 0 Å². The van der Waals surface area contributed by atoms with Gasteiger partial charge in [0.05, 0.1) is 12.6 Å². The lowest BCUT2D eigenvalue weighted by atomic mass is 10.00. The number of hydrogen-bond acceptors (Lipinski definition) is 2. The highest BCUT2D eigenvalue weighted by molar-refractivity contribution is 6.00. The predicted octanol–water partition coefficient (Wildman–Crippen LogP) is 3.06. The van der Waals surface area contributed by atoms with E-state index in [0.717, 1.165) is 41.9 Å². The molecule has 0 bridgehead atoms. The standard InChI is InChI=1S/C17H22N2O2/c1-12-6-5-9-19(11-12)17(20)15-10-13-14(18(15)2)7-4-8-16(13)21-3/h4,7-8,10,12H,5-6,9,11H2,1-3H3. The Morgan fingerprint density at radius 1 is 1.38 bits per heavy atom. The van der Waals surface area contributed by atoms with Crippen LogP contribution < -0.4 is 4.74 Å². The van der Waals surface area contributed by atoms with Gasteiger partial charge in [0.15, 0.2) is 0 Å². The molecule has 112 valence electrons. The average Bonchev–Trinajstić information content (AvgIpc) is 2.84. The van der Waals surface area contributed by atoms with E-state index in [9.17, 15) is 4.79 Å². The minimum absolute atomic E-state index is 0.127. The molecule has 0 saturated carbocycles. The van der Waals surface area contributed by atoms with Crippen LogP contribution in [0.25, 0.3) is 10.9 Å². The van der Waals surface area contributed by atoms with E-state index in [1.807, 2.05) is 40.8 Å². The molecule has 0 radical (unpaired) electrons. The second-order valence-corrected chi connectivity index (χ2v) is 5.98. The molecule has 1 aromatic carbocycles. The molecule has 1 aromatic heterocycles. The molecule has 1 fully saturated rings. The lowest BCUT2D eigenvalue weighted by Crippen LogP contribution is -2.39. The Kier molecular flexibility index (Phi) is 3.62. The molecule has 4 heteroatoms. The summed E-state index contributed by atoms with van der Waals surface area (Å²) in [6, 6.07) is 7.86. The number of rotatable bonds is 2. The van der Waals surface area contributed by atoms with E-state index in [-0.39, 0.29) is 5.91 Å². The van der Waals surface area contributed by atoms with Crippen LogP contribution in [0.1, 0.15) is 30.3 Å². The Bertz CT molecular complexity index is 675. The van der Waals surface area contributed by atoms with Crippen LogP contribution in [0.5, 0.6) is 5.75 Å². The van der Waals surface area contributed by atoms with Crippen molar-refractivity contribution in [2.24, 2.45) is 13.0 Å². The summed E-state index contributed by atoms with van der Waals surface area (Å²) in [7, 11) is 3.61. The van der Waals surface area contributed by atoms with Crippen molar-refractivity contribution in [3.63, 3.8) is 0 Å². The van der Waals surface area contributed by atoms with Gasteiger partial charge in [-0.15, -0.1) is 0 Å². The molecular formula is C17H22N2O2. The van der Waals surface area contributed by atoms with Crippen LogP contribution in [0.4, 0.5) is 0 Å². The number of carbonyl (C=O) groups excluding carboxylic acids is 1. The average molecular weight is 286 g/mol. The Morgan fingerprint density at radius 3 is 2.90 bits per heavy atom. The quantitative estimate of drug-likeness (QED) is 0.850. The molecule has 2 heterocycles. The molecule has 1 aliphatic heterocycles. The van der Waals surface area contributed by atoms with Crippen LogP contribution in [-0.2, 0) is 7.05 Å². The molecule has 0 N–H and O–H groups in total. The Labute approximate surface area is 125 Å². The summed E-state index contributed by atoms with van der Waals surface area (Å²) >= 11 is 0. The van der Waals surface area contributed by atoms with E-state index < -0.39 is 0 Å². The first-order valence-electron chi connectivity index (χ1n) is 7.53. The van der Waals surface area contributed by atoms with Gasteiger partial charge in [0.2, 0.25) is 0 Å². The van der Waals surface area contributed by atoms with E-state index >= 15 is 0 Å². The molecular weight excluding hydrogens is 264 g/mol. The van der Waals surface area contributed by atoms with E-state index in [0.29, 0.717) is 5.92 Å². The van der Waals surface area contributed by atoms with Crippen LogP contribution in [0, 0.1) is 5.92 Å². The third-order valence-electron chi connectivity index (χ3n) is 4.43. The molecule has 4 nitrogen and oxygen atoms in total. The summed E-state index contributed by atoms with van der Waals surface area (Å²) in [5.41, 5.74) is 1.77. The fraction of sp³-hybridized carbons (Fsp3) is 0.471. The highest BCUT2D eigenvalue weighted by Gasteiger charge is 2.25. The van der Waals surface area contributed by atoms with Crippen molar-refractivity contribution in [3.05, 3.63) is 30.0 Å². The fourth-order valence-electron chi connectivity index (χ4n) is 3.25. The van der Waals surface area contributed by atoms with Crippen molar-refractivity contribution in [2.45, 2.75) is 19.8 Å². The Morgan fingerprint density at radius 2 is 2.19 bits per heavy atom. The number of carbonyl (C=O) groups is 1. The summed E-state index contributed by atoms with van der Waals surface area (Å²) in [4.78, 5) is 14.8. The zero-order valence-corrected chi connectivity index (χ0v) is 12.9. The largest absolute Gasteiger partial charge is 0.496 e. The summed E-state index contributed by atoms with van der Waals surface area (Å²) in [6.45, 7) is 3.93. The zero-order valence-electron chi connectivity index (χ0n) is 12.9. The fourth-order valence-corrected chi connectivity index (χ4v) is 3.25. The number of ether oxygens (including phenoxy) is 1. The first-order chi connectivity index (χ1) is 10.1. The number of amides is 1. The monoisotopic (exact) mass is 286 g/mol. The molecule has 1 unspecified atom stereocenters. The minimum Gasteiger partial charge on any atom is -0.496 e. The van der Waals surface area contributed by atoms with Crippen molar-refractivity contribution in [2.75, 3.05) is 20.2 Å². The number of hydrogen-bond donors (Lipinski definition) is 0. The number of likely N-dealkylation sites (tertiary alicyclic amines) is 1. The second-order valence-electron chi connectivity index (χ2n) is 5.98. The normalized spacial score (nSPS) is 19.0. The molecule has 1 amide bonds. The van der Waals surface area contributed by atoms with E-state index in [4.69, 9.17) is 4.74 Å². The van der Waals surface area contributed by atoms with Gasteiger partial charge in [-0.2, -0.15) is 0 Å². The number of nitrogens with zero attached hydrogens (tertiary/aromatic N) is 2. The summed E-state index contributed by atoms with van der Waals surface area (Å²) in [5, 5.41) is 0.996. The van der Waals surface area contributed by atoms with Crippen LogP contribution in [0.15, 0.2) is 24.3 Å². The summed E-state index contributed by atoms with van der Waals surface area (Å²) in [6.07, 6.45) is 2.31. The van der Waals surface area contributed by atoms with Gasteiger partial charge < -0.3 is 14.2 Å². The lowest BCUT2D eigenvalue weighted by Gasteiger charge is -2.31. The molecule has 0 spiro atoms. The van der Waals surface area contributed by atoms with Crippen LogP contribution in [0.2, 0.25) is 0 Å². The van der Waals surface area contributed by atoms with Crippen molar-refractivity contribution in [1.29, 1.82) is 0 Å². The smallest absolute Gasteiger partial charge is 0.270 e. The number of methoxy groups -OCH3 is 1. The van der Waals surface area contributed by atoms with Crippen molar-refractivity contribution >= 4 is 16.8 Å². The van der Waals surface area contributed by atoms with Gasteiger partial charge in [-0.3, -0.25) is 4.79 Å². The van der Waals surface area contributed by atoms with Crippen molar-refractivity contribution < 1.29 is 9.53 Å². The summed E-state index contributed by atoms with van der Waals surface area (Å²) < 4.78 is 7.37. The topological polar surface area (TPSA) is 34.5 Å². The highest BCUT2D eigenvalue weighted by atomic mass is 16.5. The van der Waals surface area contributed by atoms with E-state index in [1.165, 1.54) is 6.42 Å². The first-order valence-corrected chi connectivity index (χ1v) is 7.53. The molecule has 1 atom stereocenters. The number of aromatic nitrogens is 1. The van der Waals surface area contributed by atoms with Gasteiger partial charge in [0.1, 0.15) is 11.4 Å². The van der Waals surface area contributed by atoms with Crippen LogP contribution in [-0.4, -0.2) is 35.6 Å². The van der Waals surface area contributed by atoms with Gasteiger partial charge in [-0.1, -0.05) is 13.0 Å². The predicted molar refractivity (Wildman–Crippen MR) is 83.8 cm³/mol. The number of fused-ring (bicyclic) bond motifs is 1. The maximum absolute atomic E-state index is 12.8. The maximum atomic E-state index is 12.8. The van der Waals surface area contributed by atoms with Gasteiger partial charge in [-0.25, -0.2) is 0 Å². The van der Waals surface area contributed by atoms with Gasteiger partial charge in [0, 0.05) is 25.5 Å². The van der Waals surface area contributed by atoms with Gasteiger partial charge in [-0.05, 0) is 37.0 Å². The lowest BCUT2D eigenvalue weighted by molar-refractivity contribution is 0.0674. The second kappa shape index (κ2) is 5.43. The number of benzene rings is 1. The Hall–Kier alpha value is -1.97.